The molecule has 2 unspecified atom stereocenters. The van der Waals surface area contributed by atoms with Gasteiger partial charge in [-0.25, -0.2) is 0 Å². The zero-order valence-electron chi connectivity index (χ0n) is 36.6. The highest BCUT2D eigenvalue weighted by atomic mass is 15.1. The summed E-state index contributed by atoms with van der Waals surface area (Å²) in [6.07, 6.45) is 0. The molecule has 2 aliphatic rings. The predicted octanol–water partition coefficient (Wildman–Crippen LogP) is 16.2. The average molecular weight is 830 g/mol. The van der Waals surface area contributed by atoms with Crippen molar-refractivity contribution in [3.8, 4) is 33.4 Å². The molecule has 12 rings (SSSR count). The molecule has 2 aliphatic carbocycles. The van der Waals surface area contributed by atoms with E-state index in [0.29, 0.717) is 0 Å². The largest absolute Gasteiger partial charge is 0.310 e. The molecule has 0 aliphatic heterocycles. The molecule has 0 fully saturated rings. The number of benzene rings is 10. The van der Waals surface area contributed by atoms with Crippen molar-refractivity contribution in [2.75, 3.05) is 4.90 Å². The minimum absolute atomic E-state index is 0.557. The van der Waals surface area contributed by atoms with Gasteiger partial charge in [0.1, 0.15) is 0 Å². The summed E-state index contributed by atoms with van der Waals surface area (Å²) < 4.78 is 0. The summed E-state index contributed by atoms with van der Waals surface area (Å²) in [5.74, 6) is 0. The molecule has 10 aromatic rings. The molecular weight excluding hydrogens is 783 g/mol. The standard InChI is InChI=1S/C64H47N/c1-44-32-36-50(37-33-44)63(48-21-8-4-9-22-48)58-29-14-12-26-54(58)56-41-40-53(43-60(56)63)65(52-25-16-20-47(42-52)46-18-6-3-7-19-46)61-31-17-28-57-55-27-13-15-30-59(55)64(62(57)61,49-23-10-5-11-24-49)51-38-34-45(2)35-39-51/h3-43H,1-2H3. The Morgan fingerprint density at radius 1 is 0.292 bits per heavy atom. The van der Waals surface area contributed by atoms with Gasteiger partial charge in [-0.05, 0) is 117 Å². The van der Waals surface area contributed by atoms with Gasteiger partial charge in [0.15, 0.2) is 0 Å². The maximum atomic E-state index is 2.55. The molecule has 2 atom stereocenters. The molecule has 0 spiro atoms. The normalized spacial score (nSPS) is 16.6. The van der Waals surface area contributed by atoms with Crippen LogP contribution in [0.3, 0.4) is 0 Å². The van der Waals surface area contributed by atoms with E-state index in [1.807, 2.05) is 0 Å². The monoisotopic (exact) mass is 829 g/mol. The van der Waals surface area contributed by atoms with Crippen LogP contribution in [0.25, 0.3) is 33.4 Å². The molecule has 308 valence electrons. The summed E-state index contributed by atoms with van der Waals surface area (Å²) in [5, 5.41) is 0. The lowest BCUT2D eigenvalue weighted by Crippen LogP contribution is -2.31. The Labute approximate surface area is 382 Å². The molecule has 0 radical (unpaired) electrons. The third kappa shape index (κ3) is 5.86. The van der Waals surface area contributed by atoms with Crippen LogP contribution in [0.15, 0.2) is 249 Å². The zero-order chi connectivity index (χ0) is 43.5. The van der Waals surface area contributed by atoms with Crippen LogP contribution in [-0.2, 0) is 10.8 Å². The Hall–Kier alpha value is -8.00. The predicted molar refractivity (Wildman–Crippen MR) is 271 cm³/mol. The smallest absolute Gasteiger partial charge is 0.0734 e. The number of fused-ring (bicyclic) bond motifs is 6. The summed E-state index contributed by atoms with van der Waals surface area (Å²) in [6, 6.07) is 93.0. The molecule has 0 bridgehead atoms. The van der Waals surface area contributed by atoms with E-state index in [4.69, 9.17) is 0 Å². The lowest BCUT2D eigenvalue weighted by Gasteiger charge is -2.38. The first kappa shape index (κ1) is 38.7. The Morgan fingerprint density at radius 3 is 1.38 bits per heavy atom. The summed E-state index contributed by atoms with van der Waals surface area (Å²) in [6.45, 7) is 4.36. The maximum Gasteiger partial charge on any atom is 0.0734 e. The molecular formula is C64H47N. The Balaban J connectivity index is 1.20. The van der Waals surface area contributed by atoms with Crippen LogP contribution in [0.1, 0.15) is 55.6 Å². The molecule has 65 heavy (non-hydrogen) atoms. The van der Waals surface area contributed by atoms with Crippen molar-refractivity contribution < 1.29 is 0 Å². The number of nitrogens with zero attached hydrogens (tertiary/aromatic N) is 1. The molecule has 0 aromatic heterocycles. The van der Waals surface area contributed by atoms with E-state index in [9.17, 15) is 0 Å². The van der Waals surface area contributed by atoms with E-state index < -0.39 is 10.8 Å². The van der Waals surface area contributed by atoms with Crippen molar-refractivity contribution in [1.29, 1.82) is 0 Å². The van der Waals surface area contributed by atoms with Crippen molar-refractivity contribution in [3.63, 3.8) is 0 Å². The van der Waals surface area contributed by atoms with E-state index in [1.165, 1.54) is 89.0 Å². The molecule has 10 aromatic carbocycles. The van der Waals surface area contributed by atoms with E-state index in [0.717, 1.165) is 17.1 Å². The van der Waals surface area contributed by atoms with Crippen LogP contribution >= 0.6 is 0 Å². The fraction of sp³-hybridized carbons (Fsp3) is 0.0625. The van der Waals surface area contributed by atoms with Gasteiger partial charge in [0.05, 0.1) is 16.5 Å². The van der Waals surface area contributed by atoms with Gasteiger partial charge in [-0.1, -0.05) is 230 Å². The van der Waals surface area contributed by atoms with E-state index in [2.05, 4.69) is 267 Å². The first-order valence-electron chi connectivity index (χ1n) is 22.8. The minimum atomic E-state index is -0.616. The van der Waals surface area contributed by atoms with Crippen molar-refractivity contribution in [2.24, 2.45) is 0 Å². The van der Waals surface area contributed by atoms with E-state index in [-0.39, 0.29) is 0 Å². The molecule has 0 heterocycles. The number of hydrogen-bond acceptors (Lipinski definition) is 1. The highest BCUT2D eigenvalue weighted by Gasteiger charge is 2.49. The summed E-state index contributed by atoms with van der Waals surface area (Å²) in [4.78, 5) is 2.55. The SMILES string of the molecule is Cc1ccc(C2(c3ccccc3)c3ccccc3-c3ccc(N(c4cccc(-c5ccccc5)c4)c4cccc5c4C(c4ccccc4)(c4ccc(C)cc4)c4ccccc4-5)cc32)cc1. The highest BCUT2D eigenvalue weighted by Crippen LogP contribution is 2.61. The Bertz CT molecular complexity index is 3370. The topological polar surface area (TPSA) is 3.24 Å². The summed E-state index contributed by atoms with van der Waals surface area (Å²) >= 11 is 0. The number of anilines is 3. The van der Waals surface area contributed by atoms with Crippen molar-refractivity contribution >= 4 is 17.1 Å². The molecule has 0 amide bonds. The molecule has 0 N–H and O–H groups in total. The van der Waals surface area contributed by atoms with Gasteiger partial charge >= 0.3 is 0 Å². The third-order valence-corrected chi connectivity index (χ3v) is 14.2. The van der Waals surface area contributed by atoms with Crippen molar-refractivity contribution in [3.05, 3.63) is 304 Å². The second-order valence-electron chi connectivity index (χ2n) is 17.7. The average Bonchev–Trinajstić information content (AvgIpc) is 3.84. The van der Waals surface area contributed by atoms with Gasteiger partial charge in [0.25, 0.3) is 0 Å². The molecule has 0 saturated carbocycles. The van der Waals surface area contributed by atoms with Crippen LogP contribution in [0.4, 0.5) is 17.1 Å². The zero-order valence-corrected chi connectivity index (χ0v) is 36.6. The van der Waals surface area contributed by atoms with Crippen molar-refractivity contribution in [1.82, 2.24) is 0 Å². The first-order valence-corrected chi connectivity index (χ1v) is 22.8. The quantitative estimate of drug-likeness (QED) is 0.147. The Morgan fingerprint density at radius 2 is 0.738 bits per heavy atom. The lowest BCUT2D eigenvalue weighted by atomic mass is 9.67. The number of hydrogen-bond donors (Lipinski definition) is 0. The minimum Gasteiger partial charge on any atom is -0.310 e. The van der Waals surface area contributed by atoms with Gasteiger partial charge in [0.2, 0.25) is 0 Å². The third-order valence-electron chi connectivity index (χ3n) is 14.2. The second-order valence-corrected chi connectivity index (χ2v) is 17.7. The Kier molecular flexibility index (Phi) is 9.14. The van der Waals surface area contributed by atoms with E-state index in [1.54, 1.807) is 0 Å². The second kappa shape index (κ2) is 15.4. The van der Waals surface area contributed by atoms with Crippen LogP contribution < -0.4 is 4.90 Å². The maximum absolute atomic E-state index is 2.55. The van der Waals surface area contributed by atoms with Crippen molar-refractivity contribution in [2.45, 2.75) is 24.7 Å². The van der Waals surface area contributed by atoms with Gasteiger partial charge in [-0.3, -0.25) is 0 Å². The lowest BCUT2D eigenvalue weighted by molar-refractivity contribution is 0.765. The van der Waals surface area contributed by atoms with E-state index >= 15 is 0 Å². The molecule has 1 heteroatoms. The number of rotatable bonds is 8. The van der Waals surface area contributed by atoms with Gasteiger partial charge in [0, 0.05) is 16.9 Å². The first-order chi connectivity index (χ1) is 32.1. The number of aryl methyl sites for hydroxylation is 2. The van der Waals surface area contributed by atoms with Gasteiger partial charge in [-0.15, -0.1) is 0 Å². The van der Waals surface area contributed by atoms with Crippen LogP contribution in [0.5, 0.6) is 0 Å². The summed E-state index contributed by atoms with van der Waals surface area (Å²) in [7, 11) is 0. The fourth-order valence-corrected chi connectivity index (χ4v) is 11.4. The van der Waals surface area contributed by atoms with Gasteiger partial charge < -0.3 is 4.90 Å². The fourth-order valence-electron chi connectivity index (χ4n) is 11.4. The van der Waals surface area contributed by atoms with Crippen LogP contribution in [-0.4, -0.2) is 0 Å². The van der Waals surface area contributed by atoms with Gasteiger partial charge in [-0.2, -0.15) is 0 Å². The highest BCUT2D eigenvalue weighted by molar-refractivity contribution is 5.96. The van der Waals surface area contributed by atoms with Crippen LogP contribution in [0, 0.1) is 13.8 Å². The molecule has 1 nitrogen and oxygen atoms in total. The summed E-state index contributed by atoms with van der Waals surface area (Å²) in [5.41, 5.74) is 22.2. The molecule has 0 saturated heterocycles. The van der Waals surface area contributed by atoms with Crippen LogP contribution in [0.2, 0.25) is 0 Å².